The van der Waals surface area contributed by atoms with Crippen molar-refractivity contribution < 1.29 is 4.74 Å². The van der Waals surface area contributed by atoms with Crippen LogP contribution in [0.4, 0.5) is 0 Å². The molecule has 0 N–H and O–H groups in total. The van der Waals surface area contributed by atoms with Crippen molar-refractivity contribution in [3.63, 3.8) is 0 Å². The van der Waals surface area contributed by atoms with Gasteiger partial charge in [-0.15, -0.1) is 0 Å². The Labute approximate surface area is 372 Å². The van der Waals surface area contributed by atoms with Crippen LogP contribution in [0.1, 0.15) is 182 Å². The maximum absolute atomic E-state index is 6.44. The fourth-order valence-electron chi connectivity index (χ4n) is 9.81. The molecule has 0 fully saturated rings. The first kappa shape index (κ1) is 46.3. The Kier molecular flexibility index (Phi) is 15.7. The van der Waals surface area contributed by atoms with E-state index in [1.165, 1.54) is 152 Å². The van der Waals surface area contributed by atoms with Crippen LogP contribution < -0.4 is 21.1 Å². The quantitative estimate of drug-likeness (QED) is 0.0660. The van der Waals surface area contributed by atoms with E-state index in [0.29, 0.717) is 17.8 Å². The van der Waals surface area contributed by atoms with E-state index in [2.05, 4.69) is 167 Å². The lowest BCUT2D eigenvalue weighted by Gasteiger charge is -2.27. The SMILES string of the molecule is CCCCCCCCOc1cc2c(cc1C)B(c1c(C(C)C)cc(C(C)C)cc1C(C)C)c1cc(C)c(C)cc1-2.CCCCCCn1c2ccc(C)cc2c2cc(C)ccc21. The number of hydrogen-bond donors (Lipinski definition) is 0. The topological polar surface area (TPSA) is 14.2 Å². The summed E-state index contributed by atoms with van der Waals surface area (Å²) in [5.41, 5.74) is 21.2. The third kappa shape index (κ3) is 10.4. The van der Waals surface area contributed by atoms with Crippen molar-refractivity contribution in [3.05, 3.63) is 117 Å². The molecular formula is C58H78BNO. The number of rotatable bonds is 17. The molecule has 0 atom stereocenters. The summed E-state index contributed by atoms with van der Waals surface area (Å²) >= 11 is 0. The van der Waals surface area contributed by atoms with Crippen LogP contribution in [-0.4, -0.2) is 17.9 Å². The second-order valence-corrected chi connectivity index (χ2v) is 19.6. The molecule has 0 aliphatic carbocycles. The van der Waals surface area contributed by atoms with Gasteiger partial charge in [-0.2, -0.15) is 0 Å². The number of hydrogen-bond acceptors (Lipinski definition) is 1. The predicted octanol–water partition coefficient (Wildman–Crippen LogP) is 15.2. The van der Waals surface area contributed by atoms with Crippen LogP contribution in [-0.2, 0) is 6.54 Å². The Morgan fingerprint density at radius 2 is 1.00 bits per heavy atom. The third-order valence-electron chi connectivity index (χ3n) is 13.6. The molecule has 5 aromatic carbocycles. The lowest BCUT2D eigenvalue weighted by atomic mass is 9.36. The Morgan fingerprint density at radius 3 is 1.54 bits per heavy atom. The molecule has 1 aliphatic rings. The van der Waals surface area contributed by atoms with E-state index in [1.807, 2.05) is 0 Å². The van der Waals surface area contributed by atoms with E-state index in [0.717, 1.165) is 25.3 Å². The van der Waals surface area contributed by atoms with E-state index in [9.17, 15) is 0 Å². The largest absolute Gasteiger partial charge is 0.493 e. The van der Waals surface area contributed by atoms with Crippen molar-refractivity contribution in [1.29, 1.82) is 0 Å². The molecule has 0 amide bonds. The van der Waals surface area contributed by atoms with Crippen LogP contribution in [0.2, 0.25) is 0 Å². The smallest absolute Gasteiger partial charge is 0.243 e. The monoisotopic (exact) mass is 816 g/mol. The van der Waals surface area contributed by atoms with Gasteiger partial charge in [0, 0.05) is 28.4 Å². The Morgan fingerprint density at radius 1 is 0.508 bits per heavy atom. The van der Waals surface area contributed by atoms with Gasteiger partial charge >= 0.3 is 0 Å². The molecule has 324 valence electrons. The number of aromatic nitrogens is 1. The van der Waals surface area contributed by atoms with Gasteiger partial charge in [0.15, 0.2) is 0 Å². The highest BCUT2D eigenvalue weighted by Crippen LogP contribution is 2.35. The van der Waals surface area contributed by atoms with Gasteiger partial charge in [0.1, 0.15) is 5.75 Å². The molecule has 3 heteroatoms. The summed E-state index contributed by atoms with van der Waals surface area (Å²) < 4.78 is 8.96. The summed E-state index contributed by atoms with van der Waals surface area (Å²) in [6.45, 7) is 32.0. The highest BCUT2D eigenvalue weighted by Gasteiger charge is 2.38. The number of nitrogens with zero attached hydrogens (tertiary/aromatic N) is 1. The van der Waals surface area contributed by atoms with Crippen molar-refractivity contribution in [2.45, 2.75) is 179 Å². The molecule has 2 nitrogen and oxygen atoms in total. The highest BCUT2D eigenvalue weighted by atomic mass is 16.5. The number of ether oxygens (including phenoxy) is 1. The minimum Gasteiger partial charge on any atom is -0.493 e. The van der Waals surface area contributed by atoms with E-state index in [1.54, 1.807) is 0 Å². The van der Waals surface area contributed by atoms with Crippen LogP contribution in [0.5, 0.6) is 5.75 Å². The van der Waals surface area contributed by atoms with Crippen molar-refractivity contribution in [3.8, 4) is 16.9 Å². The molecule has 0 spiro atoms. The van der Waals surface area contributed by atoms with E-state index >= 15 is 0 Å². The molecule has 1 aromatic heterocycles. The summed E-state index contributed by atoms with van der Waals surface area (Å²) in [5.74, 6) is 2.50. The average Bonchev–Trinajstić information content (AvgIpc) is 3.68. The van der Waals surface area contributed by atoms with Gasteiger partial charge in [-0.25, -0.2) is 0 Å². The molecule has 7 rings (SSSR count). The van der Waals surface area contributed by atoms with Crippen LogP contribution in [0, 0.1) is 34.6 Å². The van der Waals surface area contributed by atoms with Gasteiger partial charge < -0.3 is 9.30 Å². The van der Waals surface area contributed by atoms with Gasteiger partial charge in [0.2, 0.25) is 6.71 Å². The predicted molar refractivity (Wildman–Crippen MR) is 271 cm³/mol. The zero-order valence-electron chi connectivity index (χ0n) is 40.6. The molecule has 61 heavy (non-hydrogen) atoms. The Hall–Kier alpha value is -4.24. The molecular weight excluding hydrogens is 737 g/mol. The van der Waals surface area contributed by atoms with Crippen molar-refractivity contribution in [2.24, 2.45) is 0 Å². The average molecular weight is 816 g/mol. The molecule has 6 aromatic rings. The lowest BCUT2D eigenvalue weighted by Crippen LogP contribution is -2.52. The number of aryl methyl sites for hydroxylation is 6. The van der Waals surface area contributed by atoms with Gasteiger partial charge in [-0.1, -0.05) is 177 Å². The van der Waals surface area contributed by atoms with Crippen LogP contribution in [0.25, 0.3) is 32.9 Å². The lowest BCUT2D eigenvalue weighted by molar-refractivity contribution is 0.302. The second-order valence-electron chi connectivity index (χ2n) is 19.6. The van der Waals surface area contributed by atoms with Gasteiger partial charge in [-0.3, -0.25) is 0 Å². The maximum Gasteiger partial charge on any atom is 0.243 e. The zero-order chi connectivity index (χ0) is 44.0. The normalized spacial score (nSPS) is 12.2. The van der Waals surface area contributed by atoms with Crippen molar-refractivity contribution in [2.75, 3.05) is 6.61 Å². The summed E-state index contributed by atoms with van der Waals surface area (Å²) in [6, 6.07) is 28.5. The molecule has 0 radical (unpaired) electrons. The van der Waals surface area contributed by atoms with E-state index in [-0.39, 0.29) is 6.71 Å². The van der Waals surface area contributed by atoms with Crippen LogP contribution >= 0.6 is 0 Å². The van der Waals surface area contributed by atoms with E-state index < -0.39 is 0 Å². The maximum atomic E-state index is 6.44. The van der Waals surface area contributed by atoms with E-state index in [4.69, 9.17) is 4.74 Å². The minimum atomic E-state index is 0.256. The molecule has 0 saturated carbocycles. The molecule has 0 bridgehead atoms. The number of unbranched alkanes of at least 4 members (excludes halogenated alkanes) is 8. The van der Waals surface area contributed by atoms with Gasteiger partial charge in [0.05, 0.1) is 6.61 Å². The standard InChI is InChI=1S/C38H53BO.C20H25N/c1-11-12-13-14-15-16-17-40-37-23-34-33-18-27(8)28(9)19-35(33)39(36(34)20-29(37)10)38-31(25(4)5)21-30(24(2)3)22-32(38)26(6)7;1-4-5-6-7-12-21-19-10-8-15(2)13-17(19)18-14-16(3)9-11-20(18)21/h18-26H,11-17H2,1-10H3;8-11,13-14H,4-7,12H2,1-3H3. The van der Waals surface area contributed by atoms with Crippen LogP contribution in [0.15, 0.2) is 72.8 Å². The summed E-state index contributed by atoms with van der Waals surface area (Å²) in [7, 11) is 0. The van der Waals surface area contributed by atoms with Crippen molar-refractivity contribution >= 4 is 44.9 Å². The molecule has 2 heterocycles. The second kappa shape index (κ2) is 20.8. The van der Waals surface area contributed by atoms with Gasteiger partial charge in [0.25, 0.3) is 0 Å². The van der Waals surface area contributed by atoms with Gasteiger partial charge in [-0.05, 0) is 140 Å². The first-order valence-electron chi connectivity index (χ1n) is 24.3. The minimum absolute atomic E-state index is 0.256. The summed E-state index contributed by atoms with van der Waals surface area (Å²) in [5, 5.41) is 2.81. The summed E-state index contributed by atoms with van der Waals surface area (Å²) in [4.78, 5) is 0. The van der Waals surface area contributed by atoms with Crippen LogP contribution in [0.3, 0.4) is 0 Å². The third-order valence-corrected chi connectivity index (χ3v) is 13.6. The molecule has 0 saturated heterocycles. The Balaban J connectivity index is 0.000000247. The fourth-order valence-corrected chi connectivity index (χ4v) is 9.81. The number of fused-ring (bicyclic) bond motifs is 6. The molecule has 1 aliphatic heterocycles. The Bertz CT molecular complexity index is 2340. The first-order chi connectivity index (χ1) is 29.2. The summed E-state index contributed by atoms with van der Waals surface area (Å²) in [6.07, 6.45) is 12.9. The highest BCUT2D eigenvalue weighted by molar-refractivity contribution is 6.99. The van der Waals surface area contributed by atoms with Crippen molar-refractivity contribution in [1.82, 2.24) is 4.57 Å². The fraction of sp³-hybridized carbons (Fsp3) is 0.483. The first-order valence-corrected chi connectivity index (χ1v) is 24.3. The molecule has 0 unspecified atom stereocenters. The number of benzene rings is 5. The zero-order valence-corrected chi connectivity index (χ0v) is 40.6.